The summed E-state index contributed by atoms with van der Waals surface area (Å²) in [6.07, 6.45) is 3.25. The minimum atomic E-state index is -0.621. The first-order chi connectivity index (χ1) is 10.6. The maximum Gasteiger partial charge on any atom is 0.311 e. The van der Waals surface area contributed by atoms with Crippen LogP contribution < -0.4 is 4.74 Å². The van der Waals surface area contributed by atoms with Crippen LogP contribution in [0.5, 0.6) is 5.75 Å². The number of rotatable bonds is 6. The maximum atomic E-state index is 13.7. The molecule has 2 nitrogen and oxygen atoms in total. The summed E-state index contributed by atoms with van der Waals surface area (Å²) in [6, 6.07) is 9.94. The van der Waals surface area contributed by atoms with E-state index in [0.29, 0.717) is 23.3 Å². The third-order valence-electron chi connectivity index (χ3n) is 3.31. The third kappa shape index (κ3) is 4.38. The predicted octanol–water partition coefficient (Wildman–Crippen LogP) is 5.12. The Morgan fingerprint density at radius 3 is 2.41 bits per heavy atom. The smallest absolute Gasteiger partial charge is 0.311 e. The molecule has 0 aliphatic rings. The molecular weight excluding hydrogens is 286 g/mol. The molecule has 0 bridgehead atoms. The second-order valence-corrected chi connectivity index (χ2v) is 5.08. The number of esters is 1. The van der Waals surface area contributed by atoms with Gasteiger partial charge in [0.15, 0.2) is 0 Å². The van der Waals surface area contributed by atoms with E-state index in [0.717, 1.165) is 25.3 Å². The Morgan fingerprint density at radius 2 is 1.77 bits per heavy atom. The zero-order chi connectivity index (χ0) is 15.9. The summed E-state index contributed by atoms with van der Waals surface area (Å²) < 4.78 is 31.8. The van der Waals surface area contributed by atoms with Gasteiger partial charge < -0.3 is 4.74 Å². The van der Waals surface area contributed by atoms with Gasteiger partial charge >= 0.3 is 5.97 Å². The van der Waals surface area contributed by atoms with E-state index in [9.17, 15) is 13.6 Å². The molecule has 0 fully saturated rings. The van der Waals surface area contributed by atoms with Gasteiger partial charge in [-0.2, -0.15) is 0 Å². The standard InChI is InChI=1S/C18H18F2O2/c1-2-3-4-5-18(21)22-15-9-6-13(7-10-15)16-11-8-14(19)12-17(16)20/h6-12H,2-5H2,1H3. The monoisotopic (exact) mass is 304 g/mol. The Kier molecular flexibility index (Phi) is 5.64. The fraction of sp³-hybridized carbons (Fsp3) is 0.278. The van der Waals surface area contributed by atoms with Crippen LogP contribution in [0.1, 0.15) is 32.6 Å². The molecule has 0 N–H and O–H groups in total. The molecule has 0 aromatic heterocycles. The van der Waals surface area contributed by atoms with Gasteiger partial charge in [-0.15, -0.1) is 0 Å². The lowest BCUT2D eigenvalue weighted by Crippen LogP contribution is -2.07. The first-order valence-corrected chi connectivity index (χ1v) is 7.36. The Morgan fingerprint density at radius 1 is 1.05 bits per heavy atom. The highest BCUT2D eigenvalue weighted by atomic mass is 19.1. The summed E-state index contributed by atoms with van der Waals surface area (Å²) in [6.45, 7) is 2.07. The van der Waals surface area contributed by atoms with Gasteiger partial charge in [0.05, 0.1) is 0 Å². The van der Waals surface area contributed by atoms with Crippen molar-refractivity contribution >= 4 is 5.97 Å². The van der Waals surface area contributed by atoms with Crippen molar-refractivity contribution in [3.8, 4) is 16.9 Å². The van der Waals surface area contributed by atoms with Crippen LogP contribution in [0.2, 0.25) is 0 Å². The lowest BCUT2D eigenvalue weighted by molar-refractivity contribution is -0.134. The highest BCUT2D eigenvalue weighted by Crippen LogP contribution is 2.25. The first-order valence-electron chi connectivity index (χ1n) is 7.36. The van der Waals surface area contributed by atoms with Gasteiger partial charge in [-0.25, -0.2) is 8.78 Å². The summed E-state index contributed by atoms with van der Waals surface area (Å²) in [5, 5.41) is 0. The van der Waals surface area contributed by atoms with Gasteiger partial charge in [0.2, 0.25) is 0 Å². The van der Waals surface area contributed by atoms with Crippen LogP contribution in [0.3, 0.4) is 0 Å². The topological polar surface area (TPSA) is 26.3 Å². The number of benzene rings is 2. The molecule has 0 atom stereocenters. The number of ether oxygens (including phenoxy) is 1. The average molecular weight is 304 g/mol. The summed E-state index contributed by atoms with van der Waals surface area (Å²) in [5.74, 6) is -1.08. The molecule has 0 aliphatic heterocycles. The van der Waals surface area contributed by atoms with Crippen LogP contribution in [0.25, 0.3) is 11.1 Å². The SMILES string of the molecule is CCCCCC(=O)Oc1ccc(-c2ccc(F)cc2F)cc1. The zero-order valence-corrected chi connectivity index (χ0v) is 12.4. The molecule has 116 valence electrons. The highest BCUT2D eigenvalue weighted by Gasteiger charge is 2.08. The lowest BCUT2D eigenvalue weighted by Gasteiger charge is -2.07. The molecular formula is C18H18F2O2. The van der Waals surface area contributed by atoms with E-state index in [4.69, 9.17) is 4.74 Å². The van der Waals surface area contributed by atoms with E-state index in [2.05, 4.69) is 6.92 Å². The molecule has 0 saturated heterocycles. The molecule has 2 rings (SSSR count). The van der Waals surface area contributed by atoms with E-state index in [1.54, 1.807) is 24.3 Å². The first kappa shape index (κ1) is 16.1. The lowest BCUT2D eigenvalue weighted by atomic mass is 10.1. The molecule has 4 heteroatoms. The fourth-order valence-electron chi connectivity index (χ4n) is 2.13. The van der Waals surface area contributed by atoms with Crippen molar-refractivity contribution in [3.63, 3.8) is 0 Å². The quantitative estimate of drug-likeness (QED) is 0.421. The highest BCUT2D eigenvalue weighted by molar-refractivity contribution is 5.73. The molecule has 2 aromatic rings. The minimum absolute atomic E-state index is 0.269. The van der Waals surface area contributed by atoms with Gasteiger partial charge in [-0.3, -0.25) is 4.79 Å². The van der Waals surface area contributed by atoms with Crippen molar-refractivity contribution in [3.05, 3.63) is 54.1 Å². The Bertz CT molecular complexity index is 636. The summed E-state index contributed by atoms with van der Waals surface area (Å²) in [5.41, 5.74) is 0.908. The largest absolute Gasteiger partial charge is 0.427 e. The van der Waals surface area contributed by atoms with Crippen LogP contribution in [0, 0.1) is 11.6 Å². The van der Waals surface area contributed by atoms with Crippen molar-refractivity contribution in [1.82, 2.24) is 0 Å². The normalized spacial score (nSPS) is 10.5. The molecule has 0 unspecified atom stereocenters. The van der Waals surface area contributed by atoms with Crippen molar-refractivity contribution < 1.29 is 18.3 Å². The molecule has 0 saturated carbocycles. The van der Waals surface area contributed by atoms with Gasteiger partial charge in [0.1, 0.15) is 17.4 Å². The Hall–Kier alpha value is -2.23. The van der Waals surface area contributed by atoms with Gasteiger partial charge in [0.25, 0.3) is 0 Å². The molecule has 0 spiro atoms. The van der Waals surface area contributed by atoms with Gasteiger partial charge in [-0.1, -0.05) is 31.9 Å². The number of carbonyl (C=O) groups excluding carboxylic acids is 1. The summed E-state index contributed by atoms with van der Waals surface area (Å²) >= 11 is 0. The molecule has 0 heterocycles. The van der Waals surface area contributed by atoms with Crippen molar-refractivity contribution in [2.45, 2.75) is 32.6 Å². The third-order valence-corrected chi connectivity index (χ3v) is 3.31. The molecule has 0 radical (unpaired) electrons. The van der Waals surface area contributed by atoms with E-state index in [1.165, 1.54) is 12.1 Å². The van der Waals surface area contributed by atoms with E-state index in [1.807, 2.05) is 0 Å². The van der Waals surface area contributed by atoms with Crippen LogP contribution in [-0.2, 0) is 4.79 Å². The van der Waals surface area contributed by atoms with Gasteiger partial charge in [0, 0.05) is 18.1 Å². The van der Waals surface area contributed by atoms with Crippen molar-refractivity contribution in [1.29, 1.82) is 0 Å². The van der Waals surface area contributed by atoms with Crippen molar-refractivity contribution in [2.75, 3.05) is 0 Å². The van der Waals surface area contributed by atoms with E-state index in [-0.39, 0.29) is 5.97 Å². The predicted molar refractivity (Wildman–Crippen MR) is 81.6 cm³/mol. The number of hydrogen-bond acceptors (Lipinski definition) is 2. The second-order valence-electron chi connectivity index (χ2n) is 5.08. The number of carbonyl (C=O) groups is 1. The number of hydrogen-bond donors (Lipinski definition) is 0. The van der Waals surface area contributed by atoms with Crippen LogP contribution >= 0.6 is 0 Å². The summed E-state index contributed by atoms with van der Waals surface area (Å²) in [4.78, 5) is 11.6. The van der Waals surface area contributed by atoms with Crippen LogP contribution in [0.4, 0.5) is 8.78 Å². The maximum absolute atomic E-state index is 13.7. The van der Waals surface area contributed by atoms with Crippen LogP contribution in [0.15, 0.2) is 42.5 Å². The molecule has 2 aromatic carbocycles. The van der Waals surface area contributed by atoms with Gasteiger partial charge in [-0.05, 0) is 36.2 Å². The zero-order valence-electron chi connectivity index (χ0n) is 12.4. The minimum Gasteiger partial charge on any atom is -0.427 e. The van der Waals surface area contributed by atoms with E-state index >= 15 is 0 Å². The number of unbranched alkanes of at least 4 members (excludes halogenated alkanes) is 2. The summed E-state index contributed by atoms with van der Waals surface area (Å²) in [7, 11) is 0. The molecule has 0 amide bonds. The van der Waals surface area contributed by atoms with Crippen LogP contribution in [-0.4, -0.2) is 5.97 Å². The molecule has 0 aliphatic carbocycles. The molecule has 22 heavy (non-hydrogen) atoms. The average Bonchev–Trinajstić information content (AvgIpc) is 2.49. The van der Waals surface area contributed by atoms with E-state index < -0.39 is 11.6 Å². The fourth-order valence-corrected chi connectivity index (χ4v) is 2.13. The Labute approximate surface area is 128 Å². The number of halogens is 2. The second kappa shape index (κ2) is 7.69. The Balaban J connectivity index is 2.02. The van der Waals surface area contributed by atoms with Crippen molar-refractivity contribution in [2.24, 2.45) is 0 Å².